The summed E-state index contributed by atoms with van der Waals surface area (Å²) in [5.41, 5.74) is 2.85. The summed E-state index contributed by atoms with van der Waals surface area (Å²) in [5, 5.41) is 0. The van der Waals surface area contributed by atoms with Gasteiger partial charge in [-0.1, -0.05) is 109 Å². The predicted molar refractivity (Wildman–Crippen MR) is 191 cm³/mol. The van der Waals surface area contributed by atoms with Crippen molar-refractivity contribution in [3.8, 4) is 0 Å². The topological polar surface area (TPSA) is 143 Å². The fourth-order valence-corrected chi connectivity index (χ4v) is 12.8. The molecule has 0 N–H and O–H groups in total. The lowest BCUT2D eigenvalue weighted by Gasteiger charge is -2.33. The fraction of sp³-hybridized carbons (Fsp3) is 0.167. The monoisotopic (exact) mass is 752 g/mol. The maximum Gasteiger partial charge on any atom is 0.256 e. The molecule has 0 saturated heterocycles. The highest BCUT2D eigenvalue weighted by molar-refractivity contribution is 8.04. The van der Waals surface area contributed by atoms with Crippen molar-refractivity contribution < 1.29 is 33.7 Å². The molecule has 262 valence electrons. The van der Waals surface area contributed by atoms with E-state index in [1.54, 1.807) is 33.8 Å². The summed E-state index contributed by atoms with van der Waals surface area (Å²) in [5.74, 6) is 0. The van der Waals surface area contributed by atoms with E-state index in [4.69, 9.17) is 0 Å². The first-order valence-electron chi connectivity index (χ1n) is 15.3. The molecule has 0 bridgehead atoms. The first-order chi connectivity index (χ1) is 23.5. The average Bonchev–Trinajstić information content (AvgIpc) is 3.07. The molecule has 50 heavy (non-hydrogen) atoms. The summed E-state index contributed by atoms with van der Waals surface area (Å²) in [6, 6.07) is 27.5. The minimum absolute atomic E-state index is 0.0297. The second kappa shape index (κ2) is 14.2. The van der Waals surface area contributed by atoms with Crippen LogP contribution in [0.4, 0.5) is 0 Å². The Hall–Kier alpha value is -4.18. The summed E-state index contributed by atoms with van der Waals surface area (Å²) in [6.45, 7) is 5.78. The van der Waals surface area contributed by atoms with Gasteiger partial charge in [0.1, 0.15) is 0 Å². The van der Waals surface area contributed by atoms with Crippen molar-refractivity contribution in [2.75, 3.05) is 6.54 Å². The Bertz CT molecular complexity index is 2270. The Morgan fingerprint density at radius 2 is 0.680 bits per heavy atom. The molecule has 0 aromatic heterocycles. The van der Waals surface area contributed by atoms with E-state index in [0.29, 0.717) is 22.3 Å². The van der Waals surface area contributed by atoms with Crippen molar-refractivity contribution in [1.82, 2.24) is 7.42 Å². The lowest BCUT2D eigenvalue weighted by molar-refractivity contribution is 0.383. The second-order valence-corrected chi connectivity index (χ2v) is 19.7. The number of sulfonamides is 4. The molecule has 0 aliphatic carbocycles. The minimum atomic E-state index is -5.03. The zero-order valence-electron chi connectivity index (χ0n) is 27.7. The third-order valence-electron chi connectivity index (χ3n) is 8.05. The van der Waals surface area contributed by atoms with Crippen LogP contribution in [0.15, 0.2) is 147 Å². The van der Waals surface area contributed by atoms with E-state index in [2.05, 4.69) is 0 Å². The van der Waals surface area contributed by atoms with Crippen molar-refractivity contribution in [3.63, 3.8) is 0 Å². The first-order valence-corrected chi connectivity index (χ1v) is 21.1. The largest absolute Gasteiger partial charge is 0.256 e. The molecule has 0 aliphatic rings. The van der Waals surface area contributed by atoms with Gasteiger partial charge in [-0.15, -0.1) is 0 Å². The van der Waals surface area contributed by atoms with Gasteiger partial charge in [0.25, 0.3) is 40.1 Å². The molecule has 0 heterocycles. The molecule has 10 nitrogen and oxygen atoms in total. The van der Waals surface area contributed by atoms with Gasteiger partial charge < -0.3 is 0 Å². The molecule has 0 saturated carbocycles. The van der Waals surface area contributed by atoms with Crippen LogP contribution in [0.2, 0.25) is 0 Å². The van der Waals surface area contributed by atoms with Crippen LogP contribution < -0.4 is 0 Å². The van der Waals surface area contributed by atoms with Gasteiger partial charge >= 0.3 is 0 Å². The highest BCUT2D eigenvalue weighted by Gasteiger charge is 2.47. The molecule has 5 aromatic rings. The van der Waals surface area contributed by atoms with E-state index >= 15 is 0 Å². The minimum Gasteiger partial charge on any atom is -0.206 e. The van der Waals surface area contributed by atoms with Crippen LogP contribution in [-0.4, -0.2) is 47.6 Å². The Labute approximate surface area is 294 Å². The van der Waals surface area contributed by atoms with E-state index in [0.717, 1.165) is 0 Å². The molecule has 0 aliphatic heterocycles. The van der Waals surface area contributed by atoms with Crippen molar-refractivity contribution in [3.05, 3.63) is 155 Å². The van der Waals surface area contributed by atoms with Crippen LogP contribution in [0.3, 0.4) is 0 Å². The van der Waals surface area contributed by atoms with E-state index in [-0.39, 0.29) is 22.8 Å². The van der Waals surface area contributed by atoms with Crippen LogP contribution in [0.25, 0.3) is 0 Å². The number of benzene rings is 5. The molecule has 5 aromatic carbocycles. The molecule has 1 atom stereocenters. The van der Waals surface area contributed by atoms with Gasteiger partial charge in [-0.05, 0) is 81.8 Å². The van der Waals surface area contributed by atoms with Crippen LogP contribution in [-0.2, 0) is 40.1 Å². The van der Waals surface area contributed by atoms with Crippen molar-refractivity contribution in [2.45, 2.75) is 53.3 Å². The second-order valence-electron chi connectivity index (χ2n) is 11.9. The van der Waals surface area contributed by atoms with Gasteiger partial charge in [0, 0.05) is 0 Å². The van der Waals surface area contributed by atoms with Crippen molar-refractivity contribution in [2.24, 2.45) is 0 Å². The molecule has 1 unspecified atom stereocenters. The predicted octanol–water partition coefficient (Wildman–Crippen LogP) is 6.12. The maximum absolute atomic E-state index is 14.7. The number of nitrogens with zero attached hydrogens (tertiary/aromatic N) is 2. The van der Waals surface area contributed by atoms with E-state index < -0.39 is 62.5 Å². The molecular weight excluding hydrogens is 717 g/mol. The molecule has 0 radical (unpaired) electrons. The smallest absolute Gasteiger partial charge is 0.206 e. The third kappa shape index (κ3) is 7.45. The van der Waals surface area contributed by atoms with Crippen LogP contribution >= 0.6 is 0 Å². The zero-order chi connectivity index (χ0) is 36.5. The number of hydrogen-bond acceptors (Lipinski definition) is 8. The Morgan fingerprint density at radius 3 is 0.980 bits per heavy atom. The van der Waals surface area contributed by atoms with Gasteiger partial charge in [-0.25, -0.2) is 33.7 Å². The summed E-state index contributed by atoms with van der Waals surface area (Å²) in [7, 11) is -20.0. The van der Waals surface area contributed by atoms with Crippen molar-refractivity contribution in [1.29, 1.82) is 0 Å². The van der Waals surface area contributed by atoms with E-state index in [1.165, 1.54) is 121 Å². The Kier molecular flexibility index (Phi) is 10.5. The van der Waals surface area contributed by atoms with Crippen molar-refractivity contribution >= 4 is 40.1 Å². The standard InChI is InChI=1S/C36H36N2O8S4/c1-27-10-18-32(19-11-27)47(39,40)37(48(41,42)33-20-12-28(2)13-21-33)26-36(31-8-6-5-7-9-31)38(49(43,44)34-22-14-29(3)15-23-34)50(45,46)35-24-16-30(4)17-25-35/h5-25,36H,26H2,1-4H3. The first kappa shape index (κ1) is 37.1. The quantitative estimate of drug-likeness (QED) is 0.148. The molecule has 0 amide bonds. The van der Waals surface area contributed by atoms with Crippen LogP contribution in [0.1, 0.15) is 33.9 Å². The molecular formula is C36H36N2O8S4. The van der Waals surface area contributed by atoms with E-state index in [1.807, 2.05) is 0 Å². The maximum atomic E-state index is 14.7. The summed E-state index contributed by atoms with van der Waals surface area (Å²) < 4.78 is 117. The number of hydrogen-bond donors (Lipinski definition) is 0. The molecule has 14 heteroatoms. The van der Waals surface area contributed by atoms with Gasteiger partial charge in [-0.3, -0.25) is 0 Å². The zero-order valence-corrected chi connectivity index (χ0v) is 31.0. The van der Waals surface area contributed by atoms with Crippen LogP contribution in [0, 0.1) is 27.7 Å². The molecule has 0 spiro atoms. The Balaban J connectivity index is 1.83. The van der Waals surface area contributed by atoms with Gasteiger partial charge in [0.15, 0.2) is 0 Å². The lowest BCUT2D eigenvalue weighted by Crippen LogP contribution is -2.47. The summed E-state index contributed by atoms with van der Waals surface area (Å²) in [4.78, 5) is -1.57. The average molecular weight is 753 g/mol. The molecule has 5 rings (SSSR count). The number of aryl methyl sites for hydroxylation is 4. The highest BCUT2D eigenvalue weighted by Crippen LogP contribution is 2.37. The number of rotatable bonds is 12. The SMILES string of the molecule is Cc1ccc(S(=O)(=O)N(CC(c2ccccc2)N(S(=O)(=O)c2ccc(C)cc2)S(=O)(=O)c2ccc(C)cc2)S(=O)(=O)c2ccc(C)cc2)cc1. The Morgan fingerprint density at radius 1 is 0.400 bits per heavy atom. The van der Waals surface area contributed by atoms with Gasteiger partial charge in [-0.2, -0.15) is 0 Å². The summed E-state index contributed by atoms with van der Waals surface area (Å²) >= 11 is 0. The highest BCUT2D eigenvalue weighted by atomic mass is 32.3. The van der Waals surface area contributed by atoms with Crippen LogP contribution in [0.5, 0.6) is 0 Å². The normalized spacial score (nSPS) is 13.4. The molecule has 0 fully saturated rings. The lowest BCUT2D eigenvalue weighted by atomic mass is 10.1. The fourth-order valence-electron chi connectivity index (χ4n) is 5.18. The van der Waals surface area contributed by atoms with Gasteiger partial charge in [0.2, 0.25) is 0 Å². The summed E-state index contributed by atoms with van der Waals surface area (Å²) in [6.07, 6.45) is 0. The third-order valence-corrected chi connectivity index (χ3v) is 16.7. The van der Waals surface area contributed by atoms with Gasteiger partial charge in [0.05, 0.1) is 32.2 Å². The van der Waals surface area contributed by atoms with E-state index in [9.17, 15) is 33.7 Å².